The molecule has 1 fully saturated rings. The summed E-state index contributed by atoms with van der Waals surface area (Å²) in [5, 5.41) is 0.898. The zero-order valence-corrected chi connectivity index (χ0v) is 9.56. The molecule has 0 aromatic heterocycles. The Balaban J connectivity index is 2.37. The Morgan fingerprint density at radius 3 is 2.29 bits per heavy atom. The highest BCUT2D eigenvalue weighted by atomic mass is 35.5. The molecule has 1 aliphatic rings. The summed E-state index contributed by atoms with van der Waals surface area (Å²) in [6.07, 6.45) is 2.59. The van der Waals surface area contributed by atoms with E-state index >= 15 is 0 Å². The molecule has 1 heterocycles. The van der Waals surface area contributed by atoms with E-state index in [4.69, 9.17) is 11.6 Å². The topological polar surface area (TPSA) is 3.24 Å². The van der Waals surface area contributed by atoms with Crippen LogP contribution in [0.2, 0.25) is 5.02 Å². The first kappa shape index (κ1) is 9.85. The first-order valence-electron chi connectivity index (χ1n) is 5.20. The van der Waals surface area contributed by atoms with Crippen LogP contribution in [0.1, 0.15) is 24.0 Å². The molecule has 1 aromatic rings. The van der Waals surface area contributed by atoms with Crippen molar-refractivity contribution in [3.8, 4) is 0 Å². The van der Waals surface area contributed by atoms with Crippen LogP contribution in [0.25, 0.3) is 0 Å². The molecule has 2 heteroatoms. The number of halogens is 1. The summed E-state index contributed by atoms with van der Waals surface area (Å²) < 4.78 is 0. The van der Waals surface area contributed by atoms with Crippen molar-refractivity contribution < 1.29 is 0 Å². The molecule has 0 unspecified atom stereocenters. The van der Waals surface area contributed by atoms with E-state index in [0.29, 0.717) is 0 Å². The highest BCUT2D eigenvalue weighted by Gasteiger charge is 2.15. The van der Waals surface area contributed by atoms with Gasteiger partial charge >= 0.3 is 0 Å². The molecule has 1 nitrogen and oxygen atoms in total. The Bertz CT molecular complexity index is 340. The van der Waals surface area contributed by atoms with Crippen LogP contribution in [0.15, 0.2) is 12.1 Å². The van der Waals surface area contributed by atoms with Crippen LogP contribution in [-0.2, 0) is 0 Å². The van der Waals surface area contributed by atoms with Crippen molar-refractivity contribution in [1.29, 1.82) is 0 Å². The van der Waals surface area contributed by atoms with E-state index in [1.165, 1.54) is 29.7 Å². The zero-order valence-electron chi connectivity index (χ0n) is 8.81. The van der Waals surface area contributed by atoms with Crippen LogP contribution >= 0.6 is 11.6 Å². The molecule has 1 saturated heterocycles. The Kier molecular flexibility index (Phi) is 2.69. The zero-order chi connectivity index (χ0) is 10.1. The lowest BCUT2D eigenvalue weighted by atomic mass is 10.1. The van der Waals surface area contributed by atoms with Crippen molar-refractivity contribution >= 4 is 17.3 Å². The fourth-order valence-electron chi connectivity index (χ4n) is 1.97. The highest BCUT2D eigenvalue weighted by Crippen LogP contribution is 2.31. The van der Waals surface area contributed by atoms with Gasteiger partial charge in [-0.3, -0.25) is 0 Å². The first-order valence-corrected chi connectivity index (χ1v) is 5.58. The molecule has 0 bridgehead atoms. The van der Waals surface area contributed by atoms with Crippen molar-refractivity contribution in [2.45, 2.75) is 26.7 Å². The summed E-state index contributed by atoms with van der Waals surface area (Å²) in [5.74, 6) is 0. The van der Waals surface area contributed by atoms with Crippen LogP contribution < -0.4 is 4.90 Å². The van der Waals surface area contributed by atoms with Crippen molar-refractivity contribution in [1.82, 2.24) is 0 Å². The van der Waals surface area contributed by atoms with Gasteiger partial charge in [0.1, 0.15) is 0 Å². The molecule has 1 aliphatic heterocycles. The van der Waals surface area contributed by atoms with E-state index in [1.807, 2.05) is 0 Å². The number of aryl methyl sites for hydroxylation is 2. The van der Waals surface area contributed by atoms with Crippen LogP contribution in [0.4, 0.5) is 5.69 Å². The normalized spacial score (nSPS) is 16.4. The maximum Gasteiger partial charge on any atom is 0.0642 e. The summed E-state index contributed by atoms with van der Waals surface area (Å²) in [7, 11) is 0. The number of rotatable bonds is 1. The minimum atomic E-state index is 0.898. The van der Waals surface area contributed by atoms with E-state index in [1.54, 1.807) is 0 Å². The number of nitrogens with zero attached hydrogens (tertiary/aromatic N) is 1. The molecule has 0 amide bonds. The maximum atomic E-state index is 6.24. The molecule has 14 heavy (non-hydrogen) atoms. The number of anilines is 1. The smallest absolute Gasteiger partial charge is 0.0642 e. The van der Waals surface area contributed by atoms with Crippen LogP contribution in [0, 0.1) is 13.8 Å². The maximum absolute atomic E-state index is 6.24. The van der Waals surface area contributed by atoms with Gasteiger partial charge in [0.05, 0.1) is 10.7 Å². The molecule has 2 rings (SSSR count). The van der Waals surface area contributed by atoms with E-state index in [-0.39, 0.29) is 0 Å². The minimum absolute atomic E-state index is 0.898. The minimum Gasteiger partial charge on any atom is -0.370 e. The average molecular weight is 210 g/mol. The predicted octanol–water partition coefficient (Wildman–Crippen LogP) is 3.56. The average Bonchev–Trinajstić information content (AvgIpc) is 2.64. The quantitative estimate of drug-likeness (QED) is 0.684. The standard InChI is InChI=1S/C12H16ClN/c1-9-7-11(13)12(8-10(9)2)14-5-3-4-6-14/h7-8H,3-6H2,1-2H3. The summed E-state index contributed by atoms with van der Waals surface area (Å²) in [6.45, 7) is 6.56. The third-order valence-corrected chi connectivity index (χ3v) is 3.31. The predicted molar refractivity (Wildman–Crippen MR) is 62.4 cm³/mol. The van der Waals surface area contributed by atoms with E-state index in [0.717, 1.165) is 18.1 Å². The number of hydrogen-bond acceptors (Lipinski definition) is 1. The third kappa shape index (κ3) is 1.74. The highest BCUT2D eigenvalue weighted by molar-refractivity contribution is 6.33. The van der Waals surface area contributed by atoms with Gasteiger partial charge in [0, 0.05) is 13.1 Å². The molecular formula is C12H16ClN. The van der Waals surface area contributed by atoms with Gasteiger partial charge in [-0.15, -0.1) is 0 Å². The Labute approximate surface area is 90.7 Å². The number of benzene rings is 1. The largest absolute Gasteiger partial charge is 0.370 e. The molecule has 0 aliphatic carbocycles. The van der Waals surface area contributed by atoms with Gasteiger partial charge in [-0.1, -0.05) is 11.6 Å². The van der Waals surface area contributed by atoms with Crippen LogP contribution in [0.3, 0.4) is 0 Å². The molecule has 0 saturated carbocycles. The summed E-state index contributed by atoms with van der Waals surface area (Å²) >= 11 is 6.24. The molecule has 1 aromatic carbocycles. The Morgan fingerprint density at radius 1 is 1.07 bits per heavy atom. The van der Waals surface area contributed by atoms with Gasteiger partial charge < -0.3 is 4.90 Å². The lowest BCUT2D eigenvalue weighted by Crippen LogP contribution is -2.18. The van der Waals surface area contributed by atoms with Gasteiger partial charge in [0.2, 0.25) is 0 Å². The monoisotopic (exact) mass is 209 g/mol. The molecule has 0 spiro atoms. The van der Waals surface area contributed by atoms with Gasteiger partial charge in [-0.2, -0.15) is 0 Å². The molecule has 0 N–H and O–H groups in total. The van der Waals surface area contributed by atoms with E-state index in [2.05, 4.69) is 30.9 Å². The summed E-state index contributed by atoms with van der Waals surface area (Å²) in [4.78, 5) is 2.38. The van der Waals surface area contributed by atoms with Crippen LogP contribution in [-0.4, -0.2) is 13.1 Å². The van der Waals surface area contributed by atoms with Crippen molar-refractivity contribution in [3.05, 3.63) is 28.3 Å². The van der Waals surface area contributed by atoms with Gasteiger partial charge in [-0.05, 0) is 49.9 Å². The summed E-state index contributed by atoms with van der Waals surface area (Å²) in [6, 6.07) is 4.29. The van der Waals surface area contributed by atoms with Crippen molar-refractivity contribution in [3.63, 3.8) is 0 Å². The fourth-order valence-corrected chi connectivity index (χ4v) is 2.30. The lowest BCUT2D eigenvalue weighted by Gasteiger charge is -2.20. The second kappa shape index (κ2) is 3.82. The van der Waals surface area contributed by atoms with E-state index < -0.39 is 0 Å². The lowest BCUT2D eigenvalue weighted by molar-refractivity contribution is 0.949. The fraction of sp³-hybridized carbons (Fsp3) is 0.500. The molecule has 0 radical (unpaired) electrons. The second-order valence-electron chi connectivity index (χ2n) is 4.08. The van der Waals surface area contributed by atoms with Crippen LogP contribution in [0.5, 0.6) is 0 Å². The first-order chi connectivity index (χ1) is 6.68. The molecular weight excluding hydrogens is 194 g/mol. The third-order valence-electron chi connectivity index (χ3n) is 3.01. The Hall–Kier alpha value is -0.690. The van der Waals surface area contributed by atoms with Crippen molar-refractivity contribution in [2.75, 3.05) is 18.0 Å². The van der Waals surface area contributed by atoms with Gasteiger partial charge in [0.15, 0.2) is 0 Å². The Morgan fingerprint density at radius 2 is 1.64 bits per heavy atom. The second-order valence-corrected chi connectivity index (χ2v) is 4.49. The van der Waals surface area contributed by atoms with Gasteiger partial charge in [-0.25, -0.2) is 0 Å². The van der Waals surface area contributed by atoms with Gasteiger partial charge in [0.25, 0.3) is 0 Å². The SMILES string of the molecule is Cc1cc(Cl)c(N2CCCC2)cc1C. The van der Waals surface area contributed by atoms with E-state index in [9.17, 15) is 0 Å². The molecule has 76 valence electrons. The van der Waals surface area contributed by atoms with Crippen molar-refractivity contribution in [2.24, 2.45) is 0 Å². The summed E-state index contributed by atoms with van der Waals surface area (Å²) in [5.41, 5.74) is 3.82. The number of hydrogen-bond donors (Lipinski definition) is 0. The molecule has 0 atom stereocenters.